The van der Waals surface area contributed by atoms with Gasteiger partial charge in [0.1, 0.15) is 0 Å². The Bertz CT molecular complexity index is 232. The molecular weight excluding hydrogens is 162 g/mol. The van der Waals surface area contributed by atoms with Gasteiger partial charge in [0.05, 0.1) is 0 Å². The molecule has 0 fully saturated rings. The predicted octanol–water partition coefficient (Wildman–Crippen LogP) is 0.0780. The molecule has 9 heavy (non-hydrogen) atoms. The summed E-state index contributed by atoms with van der Waals surface area (Å²) in [6.45, 7) is 0. The van der Waals surface area contributed by atoms with Gasteiger partial charge in [0.15, 0.2) is 5.75 Å². The van der Waals surface area contributed by atoms with Gasteiger partial charge < -0.3 is 10.1 Å². The van der Waals surface area contributed by atoms with Crippen molar-refractivity contribution >= 4 is 0 Å². The number of rotatable bonds is 0. The fourth-order valence-corrected chi connectivity index (χ4v) is 0.413. The third kappa shape index (κ3) is 1.91. The van der Waals surface area contributed by atoms with E-state index in [1.54, 1.807) is 6.07 Å². The number of pyridine rings is 1. The zero-order chi connectivity index (χ0) is 5.98. The number of aromatic nitrogens is 1. The second kappa shape index (κ2) is 3.33. The summed E-state index contributed by atoms with van der Waals surface area (Å²) in [7, 11) is 0. The van der Waals surface area contributed by atoms with Crippen LogP contribution in [-0.2, 0) is 17.1 Å². The molecule has 3 nitrogen and oxygen atoms in total. The molecule has 0 aliphatic heterocycles. The molecule has 0 unspecified atom stereocenters. The summed E-state index contributed by atoms with van der Waals surface area (Å²) in [4.78, 5) is 12.6. The molecule has 1 rings (SSSR count). The van der Waals surface area contributed by atoms with Crippen molar-refractivity contribution in [2.75, 3.05) is 0 Å². The molecule has 1 aromatic rings. The molecule has 0 amide bonds. The number of H-pyrrole nitrogens is 1. The molecule has 0 atom stereocenters. The maximum Gasteiger partial charge on any atom is 0.290 e. The first-order valence-corrected chi connectivity index (χ1v) is 2.17. The van der Waals surface area contributed by atoms with Crippen molar-refractivity contribution in [3.8, 4) is 5.75 Å². The van der Waals surface area contributed by atoms with Crippen molar-refractivity contribution in [2.45, 2.75) is 0 Å². The van der Waals surface area contributed by atoms with Gasteiger partial charge in [-0.15, -0.1) is 0 Å². The van der Waals surface area contributed by atoms with Crippen LogP contribution in [0.3, 0.4) is 0 Å². The fourth-order valence-electron chi connectivity index (χ4n) is 0.413. The third-order valence-corrected chi connectivity index (χ3v) is 0.797. The number of aromatic amines is 1. The Hall–Kier alpha value is -0.731. The van der Waals surface area contributed by atoms with Crippen LogP contribution >= 0.6 is 0 Å². The zero-order valence-electron chi connectivity index (χ0n) is 4.44. The molecule has 1 heterocycles. The molecule has 4 heteroatoms. The van der Waals surface area contributed by atoms with Gasteiger partial charge in [-0.1, -0.05) is 0 Å². The second-order valence-corrected chi connectivity index (χ2v) is 1.38. The Morgan fingerprint density at radius 1 is 1.56 bits per heavy atom. The average Bonchev–Trinajstić information content (AvgIpc) is 1.77. The van der Waals surface area contributed by atoms with Gasteiger partial charge in [-0.25, -0.2) is 0 Å². The zero-order valence-corrected chi connectivity index (χ0v) is 5.55. The second-order valence-electron chi connectivity index (χ2n) is 1.38. The number of nitrogens with one attached hydrogen (secondary N) is 1. The van der Waals surface area contributed by atoms with Crippen LogP contribution < -0.4 is 5.56 Å². The smallest absolute Gasteiger partial charge is 0.290 e. The minimum absolute atomic E-state index is 0. The third-order valence-electron chi connectivity index (χ3n) is 0.797. The Labute approximate surface area is 62.2 Å². The van der Waals surface area contributed by atoms with Gasteiger partial charge in [0.25, 0.3) is 5.56 Å². The molecular formula is C5H5FeNO2. The summed E-state index contributed by atoms with van der Waals surface area (Å²) >= 11 is 0. The monoisotopic (exact) mass is 167 g/mol. The van der Waals surface area contributed by atoms with Crippen LogP contribution in [0.1, 0.15) is 0 Å². The van der Waals surface area contributed by atoms with E-state index in [4.69, 9.17) is 5.11 Å². The molecule has 2 N–H and O–H groups in total. The summed E-state index contributed by atoms with van der Waals surface area (Å²) in [5.74, 6) is -0.243. The minimum atomic E-state index is -0.451. The largest absolute Gasteiger partial charge is 0.503 e. The van der Waals surface area contributed by atoms with Crippen molar-refractivity contribution in [1.29, 1.82) is 0 Å². The first kappa shape index (κ1) is 8.27. The van der Waals surface area contributed by atoms with Crippen molar-refractivity contribution in [2.24, 2.45) is 0 Å². The normalized spacial score (nSPS) is 8.00. The van der Waals surface area contributed by atoms with Crippen LogP contribution in [0.15, 0.2) is 23.1 Å². The van der Waals surface area contributed by atoms with Crippen LogP contribution in [0.4, 0.5) is 0 Å². The van der Waals surface area contributed by atoms with Crippen molar-refractivity contribution in [3.63, 3.8) is 0 Å². The SMILES string of the molecule is O=c1[nH]cccc1O.[Fe]. The van der Waals surface area contributed by atoms with E-state index in [1.165, 1.54) is 12.3 Å². The van der Waals surface area contributed by atoms with Crippen LogP contribution in [0.2, 0.25) is 0 Å². The standard InChI is InChI=1S/C5H5NO2.Fe/c7-4-2-1-3-6-5(4)8;/h1-3,7H,(H,6,8);. The fraction of sp³-hybridized carbons (Fsp3) is 0. The quantitative estimate of drug-likeness (QED) is 0.537. The number of hydrogen-bond donors (Lipinski definition) is 2. The first-order chi connectivity index (χ1) is 3.80. The summed E-state index contributed by atoms with van der Waals surface area (Å²) in [6, 6.07) is 2.88. The molecule has 0 saturated heterocycles. The van der Waals surface area contributed by atoms with Crippen LogP contribution in [0, 0.1) is 0 Å². The minimum Gasteiger partial charge on any atom is -0.503 e. The Morgan fingerprint density at radius 3 is 2.56 bits per heavy atom. The van der Waals surface area contributed by atoms with Gasteiger partial charge in [-0.05, 0) is 12.1 Å². The summed E-state index contributed by atoms with van der Waals surface area (Å²) < 4.78 is 0. The maximum atomic E-state index is 10.3. The van der Waals surface area contributed by atoms with E-state index in [9.17, 15) is 4.79 Å². The van der Waals surface area contributed by atoms with Gasteiger partial charge >= 0.3 is 0 Å². The van der Waals surface area contributed by atoms with E-state index in [0.29, 0.717) is 0 Å². The summed E-state index contributed by atoms with van der Waals surface area (Å²) in [5.41, 5.74) is -0.451. The molecule has 0 radical (unpaired) electrons. The van der Waals surface area contributed by atoms with Gasteiger partial charge in [-0.2, -0.15) is 0 Å². The van der Waals surface area contributed by atoms with Gasteiger partial charge in [0.2, 0.25) is 0 Å². The number of hydrogen-bond acceptors (Lipinski definition) is 2. The topological polar surface area (TPSA) is 53.1 Å². The van der Waals surface area contributed by atoms with E-state index < -0.39 is 5.56 Å². The first-order valence-electron chi connectivity index (χ1n) is 2.17. The van der Waals surface area contributed by atoms with E-state index in [1.807, 2.05) is 0 Å². The Balaban J connectivity index is 0.000000640. The van der Waals surface area contributed by atoms with Crippen molar-refractivity contribution in [1.82, 2.24) is 4.98 Å². The molecule has 0 aliphatic rings. The van der Waals surface area contributed by atoms with Crippen LogP contribution in [0.5, 0.6) is 5.75 Å². The van der Waals surface area contributed by atoms with Crippen LogP contribution in [-0.4, -0.2) is 10.1 Å². The molecule has 50 valence electrons. The van der Waals surface area contributed by atoms with E-state index in [0.717, 1.165) is 0 Å². The molecule has 0 aliphatic carbocycles. The Morgan fingerprint density at radius 2 is 2.22 bits per heavy atom. The number of aromatic hydroxyl groups is 1. The van der Waals surface area contributed by atoms with Gasteiger partial charge in [0, 0.05) is 23.3 Å². The van der Waals surface area contributed by atoms with Crippen molar-refractivity contribution in [3.05, 3.63) is 28.7 Å². The predicted molar refractivity (Wildman–Crippen MR) is 28.7 cm³/mol. The van der Waals surface area contributed by atoms with E-state index in [-0.39, 0.29) is 22.8 Å². The molecule has 0 aromatic carbocycles. The van der Waals surface area contributed by atoms with Crippen LogP contribution in [0.25, 0.3) is 0 Å². The van der Waals surface area contributed by atoms with Gasteiger partial charge in [-0.3, -0.25) is 4.79 Å². The molecule has 0 spiro atoms. The molecule has 0 bridgehead atoms. The molecule has 0 saturated carbocycles. The molecule has 1 aromatic heterocycles. The Kier molecular flexibility index (Phi) is 3.06. The van der Waals surface area contributed by atoms with E-state index >= 15 is 0 Å². The summed E-state index contributed by atoms with van der Waals surface area (Å²) in [6.07, 6.45) is 1.46. The maximum absolute atomic E-state index is 10.3. The average molecular weight is 167 g/mol. The van der Waals surface area contributed by atoms with E-state index in [2.05, 4.69) is 4.98 Å². The van der Waals surface area contributed by atoms with Crippen molar-refractivity contribution < 1.29 is 22.2 Å². The summed E-state index contributed by atoms with van der Waals surface area (Å²) in [5, 5.41) is 8.58.